The molecule has 5 rings (SSSR count). The number of halogens is 2. The molecule has 0 saturated carbocycles. The van der Waals surface area contributed by atoms with Crippen LogP contribution in [0.4, 0.5) is 14.6 Å². The lowest BCUT2D eigenvalue weighted by Crippen LogP contribution is -2.54. The summed E-state index contributed by atoms with van der Waals surface area (Å²) in [7, 11) is 0. The van der Waals surface area contributed by atoms with Crippen molar-refractivity contribution >= 4 is 22.8 Å². The molecule has 0 unspecified atom stereocenters. The third-order valence-electron chi connectivity index (χ3n) is 7.52. The van der Waals surface area contributed by atoms with Crippen LogP contribution in [0.1, 0.15) is 43.5 Å². The second-order valence-electron chi connectivity index (χ2n) is 10.6. The molecule has 0 radical (unpaired) electrons. The first-order chi connectivity index (χ1) is 20.1. The van der Waals surface area contributed by atoms with Gasteiger partial charge in [0.2, 0.25) is 5.91 Å². The Bertz CT molecular complexity index is 1840. The van der Waals surface area contributed by atoms with Crippen LogP contribution in [0.2, 0.25) is 0 Å². The molecule has 0 aliphatic carbocycles. The number of pyridine rings is 2. The first-order valence-corrected chi connectivity index (χ1v) is 13.6. The van der Waals surface area contributed by atoms with Crippen LogP contribution in [0, 0.1) is 30.9 Å². The number of carbonyl (C=O) groups excluding carboxylic acids is 1. The molecule has 0 bridgehead atoms. The number of aromatic nitrogens is 4. The average Bonchev–Trinajstić information content (AvgIpc) is 2.96. The molecule has 1 aromatic carbocycles. The van der Waals surface area contributed by atoms with Crippen LogP contribution >= 0.6 is 0 Å². The molecule has 1 aliphatic rings. The number of aryl methyl sites for hydroxylation is 1. The smallest absolute Gasteiger partial charge is 0.350 e. The standard InChI is InChI=1S/C32H30F2N6O2/c1-7-21-10-9-11-23(33)26(21)28-24(34)16-22-30(39-15-14-38(17-20(39)6)25(41)8-2)37-32(42)40(31(22)36-28)29-19(5)12-13-35-27(29)18(3)4/h1,8-13,16,18,20H,2,14-15,17H2,3-6H3/t20-/m0/s1. The molecule has 4 aromatic rings. The van der Waals surface area contributed by atoms with Crippen molar-refractivity contribution in [3.8, 4) is 29.3 Å². The first-order valence-electron chi connectivity index (χ1n) is 13.6. The lowest BCUT2D eigenvalue weighted by atomic mass is 10.0. The molecule has 1 aliphatic heterocycles. The normalized spacial score (nSPS) is 15.2. The van der Waals surface area contributed by atoms with Crippen molar-refractivity contribution in [1.29, 1.82) is 0 Å². The maximum absolute atomic E-state index is 16.0. The Balaban J connectivity index is 1.85. The fraction of sp³-hybridized carbons (Fsp3) is 0.281. The molecule has 10 heteroatoms. The molecule has 8 nitrogen and oxygen atoms in total. The van der Waals surface area contributed by atoms with Gasteiger partial charge in [-0.05, 0) is 55.7 Å². The molecular weight excluding hydrogens is 538 g/mol. The maximum atomic E-state index is 16.0. The van der Waals surface area contributed by atoms with Crippen molar-refractivity contribution in [2.45, 2.75) is 39.7 Å². The van der Waals surface area contributed by atoms with E-state index in [-0.39, 0.29) is 51.5 Å². The number of nitrogens with zero attached hydrogens (tertiary/aromatic N) is 6. The summed E-state index contributed by atoms with van der Waals surface area (Å²) in [6, 6.07) is 6.85. The van der Waals surface area contributed by atoms with E-state index in [4.69, 9.17) is 6.42 Å². The number of carbonyl (C=O) groups is 1. The van der Waals surface area contributed by atoms with Crippen LogP contribution in [0.5, 0.6) is 0 Å². The van der Waals surface area contributed by atoms with Crippen molar-refractivity contribution in [3.63, 3.8) is 0 Å². The summed E-state index contributed by atoms with van der Waals surface area (Å²) in [4.78, 5) is 43.3. The second kappa shape index (κ2) is 11.2. The van der Waals surface area contributed by atoms with Gasteiger partial charge in [-0.25, -0.2) is 23.1 Å². The summed E-state index contributed by atoms with van der Waals surface area (Å²) in [5, 5.41) is 0.253. The number of anilines is 1. The number of fused-ring (bicyclic) bond motifs is 1. The largest absolute Gasteiger partial charge is 0.355 e. The van der Waals surface area contributed by atoms with Gasteiger partial charge in [-0.15, -0.1) is 6.42 Å². The predicted molar refractivity (Wildman–Crippen MR) is 159 cm³/mol. The highest BCUT2D eigenvalue weighted by atomic mass is 19.1. The van der Waals surface area contributed by atoms with Crippen molar-refractivity contribution < 1.29 is 13.6 Å². The van der Waals surface area contributed by atoms with E-state index < -0.39 is 17.3 Å². The molecule has 4 heterocycles. The molecule has 3 aromatic heterocycles. The third kappa shape index (κ3) is 4.81. The van der Waals surface area contributed by atoms with Gasteiger partial charge in [0.25, 0.3) is 0 Å². The predicted octanol–water partition coefficient (Wildman–Crippen LogP) is 4.76. The van der Waals surface area contributed by atoms with Gasteiger partial charge >= 0.3 is 5.69 Å². The van der Waals surface area contributed by atoms with Crippen molar-refractivity contribution in [2.24, 2.45) is 0 Å². The monoisotopic (exact) mass is 568 g/mol. The summed E-state index contributed by atoms with van der Waals surface area (Å²) < 4.78 is 32.4. The molecule has 1 fully saturated rings. The SMILES string of the molecule is C#Cc1cccc(F)c1-c1nc2c(cc1F)c(N1CCN(C(=O)C=C)C[C@@H]1C)nc(=O)n2-c1c(C)ccnc1C(C)C. The van der Waals surface area contributed by atoms with E-state index in [1.54, 1.807) is 17.2 Å². The van der Waals surface area contributed by atoms with Gasteiger partial charge in [-0.3, -0.25) is 9.78 Å². The quantitative estimate of drug-likeness (QED) is 0.255. The van der Waals surface area contributed by atoms with E-state index in [9.17, 15) is 9.59 Å². The van der Waals surface area contributed by atoms with E-state index in [1.807, 2.05) is 32.6 Å². The fourth-order valence-corrected chi connectivity index (χ4v) is 5.47. The van der Waals surface area contributed by atoms with E-state index in [0.29, 0.717) is 31.0 Å². The topological polar surface area (TPSA) is 84.2 Å². The molecule has 1 atom stereocenters. The number of hydrogen-bond donors (Lipinski definition) is 0. The summed E-state index contributed by atoms with van der Waals surface area (Å²) in [5.41, 5.74) is 0.910. The Hall–Kier alpha value is -4.91. The molecule has 42 heavy (non-hydrogen) atoms. The Labute approximate surface area is 242 Å². The fourth-order valence-electron chi connectivity index (χ4n) is 5.47. The molecule has 1 saturated heterocycles. The van der Waals surface area contributed by atoms with Gasteiger partial charge in [0.1, 0.15) is 17.3 Å². The van der Waals surface area contributed by atoms with Crippen molar-refractivity contribution in [1.82, 2.24) is 24.4 Å². The van der Waals surface area contributed by atoms with Crippen LogP contribution in [0.3, 0.4) is 0 Å². The summed E-state index contributed by atoms with van der Waals surface area (Å²) in [5.74, 6) is 0.793. The summed E-state index contributed by atoms with van der Waals surface area (Å²) >= 11 is 0. The number of benzene rings is 1. The van der Waals surface area contributed by atoms with E-state index in [2.05, 4.69) is 27.5 Å². The van der Waals surface area contributed by atoms with E-state index >= 15 is 8.78 Å². The zero-order valence-corrected chi connectivity index (χ0v) is 23.9. The van der Waals surface area contributed by atoms with Gasteiger partial charge < -0.3 is 9.80 Å². The van der Waals surface area contributed by atoms with Gasteiger partial charge in [0.15, 0.2) is 11.5 Å². The Kier molecular flexibility index (Phi) is 7.61. The minimum atomic E-state index is -0.822. The van der Waals surface area contributed by atoms with Crippen LogP contribution in [0.15, 0.2) is 54.0 Å². The van der Waals surface area contributed by atoms with Gasteiger partial charge in [0.05, 0.1) is 22.3 Å². The second-order valence-corrected chi connectivity index (χ2v) is 10.6. The number of hydrogen-bond acceptors (Lipinski definition) is 6. The van der Waals surface area contributed by atoms with Crippen LogP contribution in [-0.2, 0) is 4.79 Å². The zero-order valence-electron chi connectivity index (χ0n) is 23.9. The Morgan fingerprint density at radius 2 is 1.95 bits per heavy atom. The highest BCUT2D eigenvalue weighted by Crippen LogP contribution is 2.35. The van der Waals surface area contributed by atoms with Crippen LogP contribution in [-0.4, -0.2) is 56.0 Å². The minimum absolute atomic E-state index is 0.0726. The lowest BCUT2D eigenvalue weighted by Gasteiger charge is -2.40. The molecule has 214 valence electrons. The summed E-state index contributed by atoms with van der Waals surface area (Å²) in [6.45, 7) is 12.2. The molecular formula is C32H30F2N6O2. The van der Waals surface area contributed by atoms with Crippen molar-refractivity contribution in [3.05, 3.63) is 88.1 Å². The third-order valence-corrected chi connectivity index (χ3v) is 7.52. The minimum Gasteiger partial charge on any atom is -0.350 e. The highest BCUT2D eigenvalue weighted by Gasteiger charge is 2.31. The average molecular weight is 569 g/mol. The van der Waals surface area contributed by atoms with Crippen LogP contribution in [0.25, 0.3) is 28.0 Å². The molecule has 1 amide bonds. The number of rotatable bonds is 5. The zero-order chi connectivity index (χ0) is 30.3. The van der Waals surface area contributed by atoms with Crippen molar-refractivity contribution in [2.75, 3.05) is 24.5 Å². The number of piperazine rings is 1. The van der Waals surface area contributed by atoms with E-state index in [1.165, 1.54) is 34.9 Å². The maximum Gasteiger partial charge on any atom is 0.355 e. The Morgan fingerprint density at radius 3 is 2.62 bits per heavy atom. The molecule has 0 spiro atoms. The lowest BCUT2D eigenvalue weighted by molar-refractivity contribution is -0.126. The van der Waals surface area contributed by atoms with Gasteiger partial charge in [-0.2, -0.15) is 4.98 Å². The summed E-state index contributed by atoms with van der Waals surface area (Å²) in [6.07, 6.45) is 8.55. The molecule has 0 N–H and O–H groups in total. The van der Waals surface area contributed by atoms with Gasteiger partial charge in [0, 0.05) is 37.4 Å². The number of terminal acetylenes is 1. The van der Waals surface area contributed by atoms with Crippen LogP contribution < -0.4 is 10.6 Å². The first kappa shape index (κ1) is 28.6. The highest BCUT2D eigenvalue weighted by molar-refractivity contribution is 5.91. The van der Waals surface area contributed by atoms with E-state index in [0.717, 1.165) is 5.56 Å². The van der Waals surface area contributed by atoms with Gasteiger partial charge in [-0.1, -0.05) is 32.4 Å². The Morgan fingerprint density at radius 1 is 1.19 bits per heavy atom. The number of amides is 1.